The molecule has 0 aromatic heterocycles. The van der Waals surface area contributed by atoms with Gasteiger partial charge in [0.15, 0.2) is 0 Å². The zero-order valence-electron chi connectivity index (χ0n) is 10.1. The van der Waals surface area contributed by atoms with Gasteiger partial charge in [-0.15, -0.1) is 0 Å². The van der Waals surface area contributed by atoms with Crippen LogP contribution >= 0.6 is 0 Å². The Morgan fingerprint density at radius 1 is 0.857 bits per heavy atom. The summed E-state index contributed by atoms with van der Waals surface area (Å²) < 4.78 is 3.11. The van der Waals surface area contributed by atoms with Crippen LogP contribution in [0.3, 0.4) is 0 Å². The van der Waals surface area contributed by atoms with E-state index in [4.69, 9.17) is 0 Å². The third kappa shape index (κ3) is 3.00. The summed E-state index contributed by atoms with van der Waals surface area (Å²) in [5.41, 5.74) is 0.607. The van der Waals surface area contributed by atoms with Crippen molar-refractivity contribution in [2.24, 2.45) is 10.8 Å². The van der Waals surface area contributed by atoms with Gasteiger partial charge in [-0.25, -0.2) is 0 Å². The van der Waals surface area contributed by atoms with Crippen LogP contribution in [0.4, 0.5) is 0 Å². The molecule has 2 radical (unpaired) electrons. The Bertz CT molecular complexity index is 241. The first kappa shape index (κ1) is 12.1. The molecule has 0 saturated carbocycles. The van der Waals surface area contributed by atoms with Crippen LogP contribution in [-0.2, 0) is 0 Å². The van der Waals surface area contributed by atoms with Crippen LogP contribution in [0.2, 0.25) is 0 Å². The van der Waals surface area contributed by atoms with Gasteiger partial charge < -0.3 is 0 Å². The van der Waals surface area contributed by atoms with E-state index in [-0.39, 0.29) is 0 Å². The van der Waals surface area contributed by atoms with Crippen molar-refractivity contribution in [3.63, 3.8) is 0 Å². The maximum absolute atomic E-state index is 3.29. The van der Waals surface area contributed by atoms with Crippen LogP contribution in [0.1, 0.15) is 41.5 Å². The van der Waals surface area contributed by atoms with Gasteiger partial charge in [0.1, 0.15) is 0 Å². The SMILES string of the molecule is CC(C)(C)C1=C[C]C=C(C(C)(C)C)[Se]1. The summed E-state index contributed by atoms with van der Waals surface area (Å²) >= 11 is 0.516. The fourth-order valence-electron chi connectivity index (χ4n) is 1.11. The van der Waals surface area contributed by atoms with Crippen LogP contribution in [0, 0.1) is 17.3 Å². The monoisotopic (exact) mass is 256 g/mol. The van der Waals surface area contributed by atoms with E-state index in [0.29, 0.717) is 25.8 Å². The van der Waals surface area contributed by atoms with Gasteiger partial charge in [-0.3, -0.25) is 0 Å². The third-order valence-electron chi connectivity index (χ3n) is 2.13. The van der Waals surface area contributed by atoms with Crippen LogP contribution in [0.25, 0.3) is 0 Å². The van der Waals surface area contributed by atoms with Crippen molar-refractivity contribution in [1.82, 2.24) is 0 Å². The van der Waals surface area contributed by atoms with Gasteiger partial charge in [0, 0.05) is 0 Å². The van der Waals surface area contributed by atoms with Crippen LogP contribution in [0.15, 0.2) is 21.1 Å². The molecule has 0 bridgehead atoms. The van der Waals surface area contributed by atoms with Gasteiger partial charge in [-0.05, 0) is 0 Å². The summed E-state index contributed by atoms with van der Waals surface area (Å²) in [5.74, 6) is 0. The van der Waals surface area contributed by atoms with Crippen LogP contribution in [-0.4, -0.2) is 15.0 Å². The number of hydrogen-bond acceptors (Lipinski definition) is 0. The molecule has 0 fully saturated rings. The van der Waals surface area contributed by atoms with Gasteiger partial charge in [0.2, 0.25) is 0 Å². The van der Waals surface area contributed by atoms with E-state index in [1.165, 1.54) is 0 Å². The molecule has 1 heterocycles. The Hall–Kier alpha value is -0.000519. The fraction of sp³-hybridized carbons (Fsp3) is 0.615. The first-order chi connectivity index (χ1) is 6.21. The van der Waals surface area contributed by atoms with E-state index in [1.54, 1.807) is 8.94 Å². The zero-order valence-corrected chi connectivity index (χ0v) is 11.8. The molecule has 1 aliphatic heterocycles. The second-order valence-corrected chi connectivity index (χ2v) is 8.06. The predicted molar refractivity (Wildman–Crippen MR) is 64.1 cm³/mol. The Balaban J connectivity index is 2.79. The normalized spacial score (nSPS) is 19.0. The molecule has 1 heteroatoms. The standard InChI is InChI=1S/C13H20Se/c1-12(2,3)10-8-7-9-11(14-10)13(4,5)6/h8-9H,1-6H3. The van der Waals surface area contributed by atoms with E-state index in [9.17, 15) is 0 Å². The Morgan fingerprint density at radius 3 is 1.50 bits per heavy atom. The van der Waals surface area contributed by atoms with Crippen LogP contribution in [0.5, 0.6) is 0 Å². The van der Waals surface area contributed by atoms with Crippen molar-refractivity contribution in [3.8, 4) is 0 Å². The quantitative estimate of drug-likeness (QED) is 0.580. The number of allylic oxidation sites excluding steroid dienone is 4. The molecular formula is C13H20Se. The molecule has 0 nitrogen and oxygen atoms in total. The van der Waals surface area contributed by atoms with E-state index in [1.807, 2.05) is 0 Å². The van der Waals surface area contributed by atoms with Crippen molar-refractivity contribution in [2.75, 3.05) is 0 Å². The molecule has 0 amide bonds. The van der Waals surface area contributed by atoms with Crippen molar-refractivity contribution in [3.05, 3.63) is 27.5 Å². The van der Waals surface area contributed by atoms with E-state index in [0.717, 1.165) is 0 Å². The molecule has 78 valence electrons. The van der Waals surface area contributed by atoms with Crippen molar-refractivity contribution < 1.29 is 0 Å². The molecular weight excluding hydrogens is 235 g/mol. The summed E-state index contributed by atoms with van der Waals surface area (Å²) in [6.45, 7) is 13.7. The molecule has 1 aliphatic rings. The first-order valence-electron chi connectivity index (χ1n) is 5.06. The van der Waals surface area contributed by atoms with Gasteiger partial charge in [-0.1, -0.05) is 0 Å². The molecule has 0 atom stereocenters. The van der Waals surface area contributed by atoms with Gasteiger partial charge >= 0.3 is 94.8 Å². The fourth-order valence-corrected chi connectivity index (χ4v) is 3.42. The Kier molecular flexibility index (Phi) is 3.33. The molecule has 0 N–H and O–H groups in total. The first-order valence-corrected chi connectivity index (χ1v) is 6.78. The van der Waals surface area contributed by atoms with E-state index >= 15 is 0 Å². The average molecular weight is 255 g/mol. The van der Waals surface area contributed by atoms with Crippen molar-refractivity contribution in [2.45, 2.75) is 41.5 Å². The third-order valence-corrected chi connectivity index (χ3v) is 6.11. The maximum atomic E-state index is 3.29. The molecule has 0 aromatic carbocycles. The minimum absolute atomic E-state index is 0.303. The molecule has 0 aliphatic carbocycles. The van der Waals surface area contributed by atoms with Crippen LogP contribution < -0.4 is 0 Å². The second-order valence-electron chi connectivity index (χ2n) is 5.79. The molecule has 14 heavy (non-hydrogen) atoms. The van der Waals surface area contributed by atoms with E-state index < -0.39 is 0 Å². The Morgan fingerprint density at radius 2 is 1.21 bits per heavy atom. The topological polar surface area (TPSA) is 0 Å². The molecule has 0 spiro atoms. The molecule has 0 aromatic rings. The average Bonchev–Trinajstić information content (AvgIpc) is 2.01. The van der Waals surface area contributed by atoms with Crippen molar-refractivity contribution in [1.29, 1.82) is 0 Å². The summed E-state index contributed by atoms with van der Waals surface area (Å²) in [6.07, 6.45) is 7.64. The summed E-state index contributed by atoms with van der Waals surface area (Å²) in [6, 6.07) is 0. The summed E-state index contributed by atoms with van der Waals surface area (Å²) in [7, 11) is 0. The van der Waals surface area contributed by atoms with Gasteiger partial charge in [0.25, 0.3) is 0 Å². The van der Waals surface area contributed by atoms with Crippen molar-refractivity contribution >= 4 is 15.0 Å². The summed E-state index contributed by atoms with van der Waals surface area (Å²) in [4.78, 5) is 0. The second kappa shape index (κ2) is 3.87. The number of hydrogen-bond donors (Lipinski definition) is 0. The molecule has 0 unspecified atom stereocenters. The molecule has 1 rings (SSSR count). The predicted octanol–water partition coefficient (Wildman–Crippen LogP) is 3.65. The Labute approximate surface area is 95.0 Å². The zero-order chi connectivity index (χ0) is 11.0. The molecule has 0 saturated heterocycles. The minimum atomic E-state index is 0.303. The van der Waals surface area contributed by atoms with E-state index in [2.05, 4.69) is 60.1 Å². The van der Waals surface area contributed by atoms with Gasteiger partial charge in [-0.2, -0.15) is 0 Å². The number of rotatable bonds is 0. The summed E-state index contributed by atoms with van der Waals surface area (Å²) in [5, 5.41) is 0. The van der Waals surface area contributed by atoms with Gasteiger partial charge in [0.05, 0.1) is 0 Å².